The zero-order valence-electron chi connectivity index (χ0n) is 12.2. The van der Waals surface area contributed by atoms with Crippen LogP contribution >= 0.6 is 27.5 Å². The normalized spacial score (nSPS) is 16.0. The van der Waals surface area contributed by atoms with Gasteiger partial charge in [0.1, 0.15) is 12.2 Å². The molecule has 0 amide bonds. The Balaban J connectivity index is 1.78. The van der Waals surface area contributed by atoms with E-state index >= 15 is 0 Å². The van der Waals surface area contributed by atoms with Crippen LogP contribution < -0.4 is 14.8 Å². The van der Waals surface area contributed by atoms with Crippen molar-refractivity contribution in [2.24, 2.45) is 0 Å². The van der Waals surface area contributed by atoms with Crippen molar-refractivity contribution < 1.29 is 9.47 Å². The van der Waals surface area contributed by atoms with Crippen molar-refractivity contribution in [2.45, 2.75) is 19.1 Å². The van der Waals surface area contributed by atoms with E-state index in [4.69, 9.17) is 21.1 Å². The van der Waals surface area contributed by atoms with Gasteiger partial charge >= 0.3 is 0 Å². The molecule has 1 aliphatic rings. The summed E-state index contributed by atoms with van der Waals surface area (Å²) in [6.45, 7) is 3.74. The minimum Gasteiger partial charge on any atom is -0.484 e. The van der Waals surface area contributed by atoms with Crippen LogP contribution in [-0.4, -0.2) is 19.2 Å². The molecule has 0 aliphatic carbocycles. The summed E-state index contributed by atoms with van der Waals surface area (Å²) in [5.74, 6) is 1.50. The van der Waals surface area contributed by atoms with Crippen molar-refractivity contribution in [3.8, 4) is 11.5 Å². The van der Waals surface area contributed by atoms with E-state index in [-0.39, 0.29) is 12.2 Å². The summed E-state index contributed by atoms with van der Waals surface area (Å²) in [6.07, 6.45) is 0.0971. The topological polar surface area (TPSA) is 30.5 Å². The zero-order valence-corrected chi connectivity index (χ0v) is 14.5. The predicted molar refractivity (Wildman–Crippen MR) is 91.9 cm³/mol. The minimum atomic E-state index is -0.109. The van der Waals surface area contributed by atoms with E-state index in [1.165, 1.54) is 0 Å². The number of benzene rings is 2. The van der Waals surface area contributed by atoms with E-state index in [2.05, 4.69) is 21.2 Å². The average Bonchev–Trinajstić information content (AvgIpc) is 2.45. The standard InChI is InChI=1S/C17H17BrClNO2/c1-11(12-3-2-4-14(19)7-12)21-16-6-5-13(18)8-17(16)22-15-9-20-10-15/h2-8,11,15,20H,9-10H2,1H3. The molecule has 0 spiro atoms. The minimum absolute atomic E-state index is 0.109. The molecular weight excluding hydrogens is 366 g/mol. The second-order valence-corrected chi connectivity index (χ2v) is 6.66. The van der Waals surface area contributed by atoms with Gasteiger partial charge in [-0.3, -0.25) is 0 Å². The molecule has 3 nitrogen and oxygen atoms in total. The highest BCUT2D eigenvalue weighted by molar-refractivity contribution is 9.10. The lowest BCUT2D eigenvalue weighted by Gasteiger charge is -2.29. The van der Waals surface area contributed by atoms with E-state index in [0.29, 0.717) is 5.02 Å². The molecule has 1 N–H and O–H groups in total. The van der Waals surface area contributed by atoms with E-state index in [9.17, 15) is 0 Å². The summed E-state index contributed by atoms with van der Waals surface area (Å²) in [5, 5.41) is 3.91. The molecule has 2 aromatic rings. The smallest absolute Gasteiger partial charge is 0.162 e. The maximum atomic E-state index is 6.09. The molecular formula is C17H17BrClNO2. The third kappa shape index (κ3) is 3.75. The molecule has 0 radical (unpaired) electrons. The summed E-state index contributed by atoms with van der Waals surface area (Å²) in [4.78, 5) is 0. The molecule has 0 aromatic heterocycles. The van der Waals surface area contributed by atoms with Gasteiger partial charge in [0.15, 0.2) is 11.5 Å². The largest absolute Gasteiger partial charge is 0.484 e. The van der Waals surface area contributed by atoms with E-state index < -0.39 is 0 Å². The summed E-state index contributed by atoms with van der Waals surface area (Å²) < 4.78 is 13.0. The van der Waals surface area contributed by atoms with Crippen molar-refractivity contribution >= 4 is 27.5 Å². The molecule has 1 fully saturated rings. The molecule has 0 saturated carbocycles. The number of rotatable bonds is 5. The van der Waals surface area contributed by atoms with Gasteiger partial charge in [-0.15, -0.1) is 0 Å². The van der Waals surface area contributed by atoms with Crippen molar-refractivity contribution in [2.75, 3.05) is 13.1 Å². The molecule has 0 bridgehead atoms. The van der Waals surface area contributed by atoms with Crippen LogP contribution in [0, 0.1) is 0 Å². The molecule has 2 aromatic carbocycles. The van der Waals surface area contributed by atoms with Crippen LogP contribution in [0.5, 0.6) is 11.5 Å². The van der Waals surface area contributed by atoms with Gasteiger partial charge in [0.05, 0.1) is 0 Å². The molecule has 1 saturated heterocycles. The highest BCUT2D eigenvalue weighted by atomic mass is 79.9. The second kappa shape index (κ2) is 6.90. The Hall–Kier alpha value is -1.23. The monoisotopic (exact) mass is 381 g/mol. The lowest BCUT2D eigenvalue weighted by Crippen LogP contribution is -2.50. The Kier molecular flexibility index (Phi) is 4.91. The molecule has 1 aliphatic heterocycles. The fraction of sp³-hybridized carbons (Fsp3) is 0.294. The van der Waals surface area contributed by atoms with Gasteiger partial charge in [0.2, 0.25) is 0 Å². The molecule has 1 heterocycles. The van der Waals surface area contributed by atoms with Gasteiger partial charge < -0.3 is 14.8 Å². The van der Waals surface area contributed by atoms with E-state index in [0.717, 1.165) is 34.6 Å². The Morgan fingerprint density at radius 2 is 2.00 bits per heavy atom. The predicted octanol–water partition coefficient (Wildman–Crippen LogP) is 4.59. The molecule has 116 valence electrons. The summed E-state index contributed by atoms with van der Waals surface area (Å²) >= 11 is 9.52. The summed E-state index contributed by atoms with van der Waals surface area (Å²) in [6, 6.07) is 13.5. The summed E-state index contributed by atoms with van der Waals surface area (Å²) in [5.41, 5.74) is 1.03. The highest BCUT2D eigenvalue weighted by Crippen LogP contribution is 2.35. The molecule has 3 rings (SSSR count). The van der Waals surface area contributed by atoms with Crippen molar-refractivity contribution in [3.05, 3.63) is 57.5 Å². The quantitative estimate of drug-likeness (QED) is 0.820. The Labute approximate surface area is 143 Å². The van der Waals surface area contributed by atoms with Crippen LogP contribution in [0.3, 0.4) is 0 Å². The van der Waals surface area contributed by atoms with Crippen LogP contribution in [0.1, 0.15) is 18.6 Å². The van der Waals surface area contributed by atoms with Crippen LogP contribution in [0.25, 0.3) is 0 Å². The van der Waals surface area contributed by atoms with Gasteiger partial charge in [-0.2, -0.15) is 0 Å². The zero-order chi connectivity index (χ0) is 15.5. The van der Waals surface area contributed by atoms with Gasteiger partial charge in [-0.25, -0.2) is 0 Å². The van der Waals surface area contributed by atoms with Crippen LogP contribution in [0.4, 0.5) is 0 Å². The number of hydrogen-bond donors (Lipinski definition) is 1. The first kappa shape index (κ1) is 15.7. The SMILES string of the molecule is CC(Oc1ccc(Br)cc1OC1CNC1)c1cccc(Cl)c1. The third-order valence-corrected chi connectivity index (χ3v) is 4.29. The number of ether oxygens (including phenoxy) is 2. The Morgan fingerprint density at radius 1 is 1.18 bits per heavy atom. The highest BCUT2D eigenvalue weighted by Gasteiger charge is 2.21. The summed E-state index contributed by atoms with van der Waals surface area (Å²) in [7, 11) is 0. The number of halogens is 2. The van der Waals surface area contributed by atoms with Gasteiger partial charge in [-0.05, 0) is 42.8 Å². The molecule has 5 heteroatoms. The van der Waals surface area contributed by atoms with Crippen molar-refractivity contribution in [1.29, 1.82) is 0 Å². The third-order valence-electron chi connectivity index (χ3n) is 3.57. The average molecular weight is 383 g/mol. The number of hydrogen-bond acceptors (Lipinski definition) is 3. The fourth-order valence-electron chi connectivity index (χ4n) is 2.21. The fourth-order valence-corrected chi connectivity index (χ4v) is 2.75. The van der Waals surface area contributed by atoms with Crippen LogP contribution in [0.15, 0.2) is 46.9 Å². The first-order chi connectivity index (χ1) is 10.6. The van der Waals surface area contributed by atoms with E-state index in [1.807, 2.05) is 49.4 Å². The van der Waals surface area contributed by atoms with Gasteiger partial charge in [-0.1, -0.05) is 39.7 Å². The molecule has 1 unspecified atom stereocenters. The maximum absolute atomic E-state index is 6.09. The lowest BCUT2D eigenvalue weighted by atomic mass is 10.1. The second-order valence-electron chi connectivity index (χ2n) is 5.30. The number of nitrogens with one attached hydrogen (secondary N) is 1. The van der Waals surface area contributed by atoms with Gasteiger partial charge in [0.25, 0.3) is 0 Å². The van der Waals surface area contributed by atoms with Crippen LogP contribution in [-0.2, 0) is 0 Å². The first-order valence-electron chi connectivity index (χ1n) is 7.21. The van der Waals surface area contributed by atoms with Crippen LogP contribution in [0.2, 0.25) is 5.02 Å². The Bertz CT molecular complexity index is 661. The van der Waals surface area contributed by atoms with E-state index in [1.54, 1.807) is 0 Å². The first-order valence-corrected chi connectivity index (χ1v) is 8.38. The molecule has 22 heavy (non-hydrogen) atoms. The van der Waals surface area contributed by atoms with Gasteiger partial charge in [0, 0.05) is 22.6 Å². The van der Waals surface area contributed by atoms with Crippen molar-refractivity contribution in [3.63, 3.8) is 0 Å². The Morgan fingerprint density at radius 3 is 2.68 bits per heavy atom. The molecule has 1 atom stereocenters. The lowest BCUT2D eigenvalue weighted by molar-refractivity contribution is 0.129. The van der Waals surface area contributed by atoms with Crippen molar-refractivity contribution in [1.82, 2.24) is 5.32 Å². The maximum Gasteiger partial charge on any atom is 0.162 e.